The molecule has 2 aromatic carbocycles. The zero-order chi connectivity index (χ0) is 14.8. The van der Waals surface area contributed by atoms with Gasteiger partial charge in [0, 0.05) is 5.02 Å². The van der Waals surface area contributed by atoms with E-state index >= 15 is 0 Å². The van der Waals surface area contributed by atoms with Crippen LogP contribution in [0.15, 0.2) is 59.4 Å². The van der Waals surface area contributed by atoms with E-state index < -0.39 is 0 Å². The molecule has 0 aliphatic carbocycles. The van der Waals surface area contributed by atoms with E-state index in [1.54, 1.807) is 22.8 Å². The van der Waals surface area contributed by atoms with Crippen molar-refractivity contribution in [2.45, 2.75) is 6.54 Å². The van der Waals surface area contributed by atoms with Crippen molar-refractivity contribution in [1.29, 1.82) is 5.26 Å². The summed E-state index contributed by atoms with van der Waals surface area (Å²) in [5, 5.41) is 10.5. The van der Waals surface area contributed by atoms with E-state index in [1.807, 2.05) is 42.5 Å². The van der Waals surface area contributed by atoms with Crippen molar-refractivity contribution in [2.24, 2.45) is 0 Å². The third-order valence-corrected chi connectivity index (χ3v) is 3.60. The lowest BCUT2D eigenvalue weighted by Gasteiger charge is -2.11. The van der Waals surface area contributed by atoms with Crippen molar-refractivity contribution in [3.05, 3.63) is 81.1 Å². The average Bonchev–Trinajstić information content (AvgIpc) is 2.51. The van der Waals surface area contributed by atoms with E-state index in [0.717, 1.165) is 16.5 Å². The number of hydrogen-bond acceptors (Lipinski definition) is 2. The summed E-state index contributed by atoms with van der Waals surface area (Å²) in [6.45, 7) is 0.409. The summed E-state index contributed by atoms with van der Waals surface area (Å²) in [6, 6.07) is 18.5. The van der Waals surface area contributed by atoms with Gasteiger partial charge in [-0.1, -0.05) is 48.0 Å². The monoisotopic (exact) mass is 294 g/mol. The lowest BCUT2D eigenvalue weighted by Crippen LogP contribution is -2.23. The molecule has 3 aromatic rings. The zero-order valence-electron chi connectivity index (χ0n) is 11.1. The van der Waals surface area contributed by atoms with Crippen LogP contribution in [0, 0.1) is 11.3 Å². The summed E-state index contributed by atoms with van der Waals surface area (Å²) in [4.78, 5) is 12.4. The molecule has 3 rings (SSSR count). The molecule has 0 N–H and O–H groups in total. The number of hydrogen-bond donors (Lipinski definition) is 0. The Labute approximate surface area is 126 Å². The minimum atomic E-state index is -0.295. The van der Waals surface area contributed by atoms with E-state index in [9.17, 15) is 4.79 Å². The van der Waals surface area contributed by atoms with Crippen LogP contribution in [0.3, 0.4) is 0 Å². The van der Waals surface area contributed by atoms with Gasteiger partial charge < -0.3 is 4.57 Å². The van der Waals surface area contributed by atoms with Crippen LogP contribution in [-0.4, -0.2) is 4.57 Å². The van der Waals surface area contributed by atoms with E-state index in [2.05, 4.69) is 0 Å². The van der Waals surface area contributed by atoms with Crippen LogP contribution in [0.2, 0.25) is 5.02 Å². The smallest absolute Gasteiger partial charge is 0.269 e. The largest absolute Gasteiger partial charge is 0.303 e. The summed E-state index contributed by atoms with van der Waals surface area (Å²) in [7, 11) is 0. The van der Waals surface area contributed by atoms with Crippen LogP contribution in [-0.2, 0) is 6.54 Å². The van der Waals surface area contributed by atoms with Crippen LogP contribution in [0.25, 0.3) is 10.9 Å². The van der Waals surface area contributed by atoms with Crippen molar-refractivity contribution >= 4 is 22.5 Å². The lowest BCUT2D eigenvalue weighted by molar-refractivity contribution is 0.792. The molecule has 0 saturated carbocycles. The van der Waals surface area contributed by atoms with E-state index in [4.69, 9.17) is 16.9 Å². The number of nitrogens with zero attached hydrogens (tertiary/aromatic N) is 2. The third kappa shape index (κ3) is 2.54. The predicted molar refractivity (Wildman–Crippen MR) is 83.5 cm³/mol. The van der Waals surface area contributed by atoms with Crippen LogP contribution in [0.4, 0.5) is 0 Å². The minimum absolute atomic E-state index is 0.140. The van der Waals surface area contributed by atoms with Crippen LogP contribution in [0.1, 0.15) is 11.1 Å². The quantitative estimate of drug-likeness (QED) is 0.725. The molecule has 0 radical (unpaired) electrons. The Morgan fingerprint density at radius 2 is 1.86 bits per heavy atom. The molecular formula is C17H11ClN2O. The molecule has 102 valence electrons. The number of halogens is 1. The van der Waals surface area contributed by atoms with Gasteiger partial charge in [-0.15, -0.1) is 0 Å². The van der Waals surface area contributed by atoms with E-state index in [-0.39, 0.29) is 11.1 Å². The van der Waals surface area contributed by atoms with Gasteiger partial charge in [0.2, 0.25) is 0 Å². The van der Waals surface area contributed by atoms with Crippen molar-refractivity contribution in [2.75, 3.05) is 0 Å². The molecule has 0 spiro atoms. The van der Waals surface area contributed by atoms with E-state index in [0.29, 0.717) is 11.6 Å². The number of aromatic nitrogens is 1. The van der Waals surface area contributed by atoms with Crippen LogP contribution < -0.4 is 5.56 Å². The molecule has 0 aliphatic heterocycles. The Bertz CT molecular complexity index is 908. The van der Waals surface area contributed by atoms with Gasteiger partial charge in [0.15, 0.2) is 0 Å². The number of rotatable bonds is 2. The molecule has 1 aromatic heterocycles. The van der Waals surface area contributed by atoms with Crippen molar-refractivity contribution in [1.82, 2.24) is 4.57 Å². The van der Waals surface area contributed by atoms with Gasteiger partial charge in [-0.25, -0.2) is 0 Å². The lowest BCUT2D eigenvalue weighted by atomic mass is 10.1. The standard InChI is InChI=1S/C17H11ClN2O/c18-15-7-6-13-8-14(10-19)17(21)20(16(13)9-15)11-12-4-2-1-3-5-12/h1-9H,11H2. The van der Waals surface area contributed by atoms with Gasteiger partial charge in [-0.2, -0.15) is 5.26 Å². The van der Waals surface area contributed by atoms with Crippen molar-refractivity contribution < 1.29 is 0 Å². The summed E-state index contributed by atoms with van der Waals surface area (Å²) >= 11 is 6.04. The zero-order valence-corrected chi connectivity index (χ0v) is 11.8. The Morgan fingerprint density at radius 1 is 1.10 bits per heavy atom. The summed E-state index contributed by atoms with van der Waals surface area (Å²) in [5.74, 6) is 0. The second-order valence-corrected chi connectivity index (χ2v) is 5.19. The molecule has 3 nitrogen and oxygen atoms in total. The molecule has 0 fully saturated rings. The van der Waals surface area contributed by atoms with Crippen LogP contribution >= 0.6 is 11.6 Å². The van der Waals surface area contributed by atoms with Gasteiger partial charge in [0.05, 0.1) is 12.1 Å². The highest BCUT2D eigenvalue weighted by Crippen LogP contribution is 2.19. The summed E-state index contributed by atoms with van der Waals surface area (Å²) in [5.41, 5.74) is 1.57. The molecule has 0 saturated heterocycles. The van der Waals surface area contributed by atoms with Gasteiger partial charge in [-0.05, 0) is 29.1 Å². The Balaban J connectivity index is 2.28. The normalized spacial score (nSPS) is 10.5. The third-order valence-electron chi connectivity index (χ3n) is 3.36. The second kappa shape index (κ2) is 5.43. The number of benzene rings is 2. The van der Waals surface area contributed by atoms with Gasteiger partial charge in [0.25, 0.3) is 5.56 Å². The van der Waals surface area contributed by atoms with Crippen LogP contribution in [0.5, 0.6) is 0 Å². The highest BCUT2D eigenvalue weighted by Gasteiger charge is 2.10. The number of fused-ring (bicyclic) bond motifs is 1. The Kier molecular flexibility index (Phi) is 3.47. The fraction of sp³-hybridized carbons (Fsp3) is 0.0588. The fourth-order valence-electron chi connectivity index (χ4n) is 2.35. The predicted octanol–water partition coefficient (Wildman–Crippen LogP) is 3.57. The molecule has 4 heteroatoms. The average molecular weight is 295 g/mol. The first-order valence-electron chi connectivity index (χ1n) is 6.46. The van der Waals surface area contributed by atoms with Gasteiger partial charge >= 0.3 is 0 Å². The molecule has 0 bridgehead atoms. The molecule has 0 amide bonds. The first-order valence-corrected chi connectivity index (χ1v) is 6.84. The van der Waals surface area contributed by atoms with Gasteiger partial charge in [-0.3, -0.25) is 4.79 Å². The highest BCUT2D eigenvalue weighted by molar-refractivity contribution is 6.31. The highest BCUT2D eigenvalue weighted by atomic mass is 35.5. The number of nitriles is 1. The minimum Gasteiger partial charge on any atom is -0.303 e. The molecule has 0 aliphatic rings. The maximum atomic E-state index is 12.4. The molecular weight excluding hydrogens is 284 g/mol. The topological polar surface area (TPSA) is 45.8 Å². The first-order chi connectivity index (χ1) is 10.2. The number of pyridine rings is 1. The summed E-state index contributed by atoms with van der Waals surface area (Å²) < 4.78 is 1.59. The first kappa shape index (κ1) is 13.4. The Hall–Kier alpha value is -2.57. The molecule has 0 atom stereocenters. The maximum Gasteiger partial charge on any atom is 0.269 e. The van der Waals surface area contributed by atoms with Crippen molar-refractivity contribution in [3.8, 4) is 6.07 Å². The van der Waals surface area contributed by atoms with E-state index in [1.165, 1.54) is 0 Å². The Morgan fingerprint density at radius 3 is 2.57 bits per heavy atom. The molecule has 0 unspecified atom stereocenters. The molecule has 21 heavy (non-hydrogen) atoms. The SMILES string of the molecule is N#Cc1cc2ccc(Cl)cc2n(Cc2ccccc2)c1=O. The second-order valence-electron chi connectivity index (χ2n) is 4.75. The fourth-order valence-corrected chi connectivity index (χ4v) is 2.51. The maximum absolute atomic E-state index is 12.4. The summed E-state index contributed by atoms with van der Waals surface area (Å²) in [6.07, 6.45) is 0. The van der Waals surface area contributed by atoms with Crippen molar-refractivity contribution in [3.63, 3.8) is 0 Å². The molecule has 1 heterocycles. The van der Waals surface area contributed by atoms with Gasteiger partial charge in [0.1, 0.15) is 11.6 Å².